The SMILES string of the molecule is C=CCn1c(CN(C(=O)c2ccccc2F)C(C)C)cnc1S(=O)(=O)Cc1ccccc1. The predicted octanol–water partition coefficient (Wildman–Crippen LogP) is 4.23. The third-order valence-electron chi connectivity index (χ3n) is 5.01. The van der Waals surface area contributed by atoms with Crippen molar-refractivity contribution in [3.05, 3.63) is 96.1 Å². The van der Waals surface area contributed by atoms with Crippen molar-refractivity contribution in [3.63, 3.8) is 0 Å². The van der Waals surface area contributed by atoms with Crippen LogP contribution in [0.4, 0.5) is 4.39 Å². The molecule has 1 aromatic heterocycles. The second-order valence-corrected chi connectivity index (χ2v) is 9.57. The van der Waals surface area contributed by atoms with Crippen LogP contribution in [-0.4, -0.2) is 34.8 Å². The fourth-order valence-corrected chi connectivity index (χ4v) is 4.90. The largest absolute Gasteiger partial charge is 0.330 e. The molecule has 2 aromatic carbocycles. The van der Waals surface area contributed by atoms with Crippen molar-refractivity contribution in [1.82, 2.24) is 14.5 Å². The molecule has 0 unspecified atom stereocenters. The first-order valence-corrected chi connectivity index (χ1v) is 11.9. The number of amides is 1. The lowest BCUT2D eigenvalue weighted by atomic mass is 10.1. The van der Waals surface area contributed by atoms with Gasteiger partial charge in [0.1, 0.15) is 5.82 Å². The van der Waals surface area contributed by atoms with E-state index in [9.17, 15) is 17.6 Å². The van der Waals surface area contributed by atoms with Gasteiger partial charge in [-0.3, -0.25) is 4.79 Å². The molecule has 0 spiro atoms. The zero-order chi connectivity index (χ0) is 23.3. The fourth-order valence-electron chi connectivity index (χ4n) is 3.40. The Balaban J connectivity index is 1.95. The lowest BCUT2D eigenvalue weighted by molar-refractivity contribution is 0.0680. The van der Waals surface area contributed by atoms with Crippen molar-refractivity contribution in [2.75, 3.05) is 0 Å². The third-order valence-corrected chi connectivity index (χ3v) is 6.61. The van der Waals surface area contributed by atoms with Crippen molar-refractivity contribution < 1.29 is 17.6 Å². The number of carbonyl (C=O) groups excluding carboxylic acids is 1. The number of hydrogen-bond donors (Lipinski definition) is 0. The van der Waals surface area contributed by atoms with Crippen molar-refractivity contribution in [2.24, 2.45) is 0 Å². The Morgan fingerprint density at radius 1 is 1.16 bits per heavy atom. The molecule has 0 radical (unpaired) electrons. The van der Waals surface area contributed by atoms with E-state index in [1.165, 1.54) is 33.9 Å². The second kappa shape index (κ2) is 9.91. The van der Waals surface area contributed by atoms with E-state index in [0.717, 1.165) is 0 Å². The molecule has 3 rings (SSSR count). The highest BCUT2D eigenvalue weighted by Gasteiger charge is 2.27. The van der Waals surface area contributed by atoms with Gasteiger partial charge in [-0.2, -0.15) is 0 Å². The summed E-state index contributed by atoms with van der Waals surface area (Å²) >= 11 is 0. The number of imidazole rings is 1. The van der Waals surface area contributed by atoms with Gasteiger partial charge in [0.05, 0.1) is 29.8 Å². The first-order chi connectivity index (χ1) is 15.2. The Bertz CT molecular complexity index is 1200. The van der Waals surface area contributed by atoms with E-state index in [4.69, 9.17) is 0 Å². The number of allylic oxidation sites excluding steroid dienone is 1. The fraction of sp³-hybridized carbons (Fsp3) is 0.250. The first-order valence-electron chi connectivity index (χ1n) is 10.2. The van der Waals surface area contributed by atoms with Crippen molar-refractivity contribution >= 4 is 15.7 Å². The van der Waals surface area contributed by atoms with Crippen LogP contribution in [0.3, 0.4) is 0 Å². The Morgan fingerprint density at radius 2 is 1.81 bits per heavy atom. The quantitative estimate of drug-likeness (QED) is 0.453. The van der Waals surface area contributed by atoms with E-state index in [0.29, 0.717) is 11.3 Å². The number of sulfone groups is 1. The summed E-state index contributed by atoms with van der Waals surface area (Å²) in [6, 6.07) is 14.4. The maximum atomic E-state index is 14.2. The molecule has 6 nitrogen and oxygen atoms in total. The molecule has 8 heteroatoms. The van der Waals surface area contributed by atoms with Crippen LogP contribution >= 0.6 is 0 Å². The maximum absolute atomic E-state index is 14.2. The summed E-state index contributed by atoms with van der Waals surface area (Å²) in [5.41, 5.74) is 1.14. The van der Waals surface area contributed by atoms with Gasteiger partial charge in [-0.1, -0.05) is 48.5 Å². The van der Waals surface area contributed by atoms with E-state index in [2.05, 4.69) is 11.6 Å². The normalized spacial score (nSPS) is 11.5. The molecule has 0 aliphatic carbocycles. The molecular formula is C24H26FN3O3S. The molecular weight excluding hydrogens is 429 g/mol. The summed E-state index contributed by atoms with van der Waals surface area (Å²) in [5.74, 6) is -1.27. The van der Waals surface area contributed by atoms with Crippen LogP contribution in [0, 0.1) is 5.82 Å². The van der Waals surface area contributed by atoms with Crippen LogP contribution in [0.1, 0.15) is 35.5 Å². The highest BCUT2D eigenvalue weighted by Crippen LogP contribution is 2.21. The molecule has 3 aromatic rings. The molecule has 1 heterocycles. The van der Waals surface area contributed by atoms with Gasteiger partial charge in [-0.05, 0) is 31.5 Å². The van der Waals surface area contributed by atoms with E-state index < -0.39 is 21.6 Å². The Morgan fingerprint density at radius 3 is 2.44 bits per heavy atom. The van der Waals surface area contributed by atoms with Gasteiger partial charge in [0.15, 0.2) is 0 Å². The van der Waals surface area contributed by atoms with Gasteiger partial charge < -0.3 is 9.47 Å². The number of aromatic nitrogens is 2. The van der Waals surface area contributed by atoms with Crippen molar-refractivity contribution in [3.8, 4) is 0 Å². The van der Waals surface area contributed by atoms with E-state index >= 15 is 0 Å². The molecule has 0 bridgehead atoms. The smallest absolute Gasteiger partial charge is 0.257 e. The third kappa shape index (κ3) is 5.13. The molecule has 0 aliphatic rings. The van der Waals surface area contributed by atoms with Crippen LogP contribution in [0.25, 0.3) is 0 Å². The Kier molecular flexibility index (Phi) is 7.25. The molecule has 0 saturated carbocycles. The predicted molar refractivity (Wildman–Crippen MR) is 121 cm³/mol. The van der Waals surface area contributed by atoms with Crippen LogP contribution in [0.5, 0.6) is 0 Å². The summed E-state index contributed by atoms with van der Waals surface area (Å²) in [5, 5.41) is -0.0849. The monoisotopic (exact) mass is 455 g/mol. The molecule has 0 fully saturated rings. The van der Waals surface area contributed by atoms with Crippen LogP contribution < -0.4 is 0 Å². The highest BCUT2D eigenvalue weighted by atomic mass is 32.2. The molecule has 168 valence electrons. The summed E-state index contributed by atoms with van der Waals surface area (Å²) in [6.45, 7) is 7.64. The van der Waals surface area contributed by atoms with Gasteiger partial charge in [-0.15, -0.1) is 6.58 Å². The average Bonchev–Trinajstić information content (AvgIpc) is 3.16. The highest BCUT2D eigenvalue weighted by molar-refractivity contribution is 7.90. The topological polar surface area (TPSA) is 72.3 Å². The standard InChI is InChI=1S/C24H26FN3O3S/c1-4-14-27-20(15-26-24(27)32(30,31)17-19-10-6-5-7-11-19)16-28(18(2)3)23(29)21-12-8-9-13-22(21)25/h4-13,15,18H,1,14,16-17H2,2-3H3. The van der Waals surface area contributed by atoms with Crippen molar-refractivity contribution in [1.29, 1.82) is 0 Å². The molecule has 0 atom stereocenters. The Hall–Kier alpha value is -3.26. The van der Waals surface area contributed by atoms with Crippen LogP contribution in [-0.2, 0) is 28.7 Å². The second-order valence-electron chi connectivity index (χ2n) is 7.68. The summed E-state index contributed by atoms with van der Waals surface area (Å²) in [4.78, 5) is 18.7. The molecule has 32 heavy (non-hydrogen) atoms. The minimum Gasteiger partial charge on any atom is -0.330 e. The van der Waals surface area contributed by atoms with Crippen LogP contribution in [0.2, 0.25) is 0 Å². The van der Waals surface area contributed by atoms with E-state index in [-0.39, 0.29) is 35.6 Å². The van der Waals surface area contributed by atoms with Crippen molar-refractivity contribution in [2.45, 2.75) is 43.9 Å². The zero-order valence-electron chi connectivity index (χ0n) is 18.1. The lowest BCUT2D eigenvalue weighted by Crippen LogP contribution is -2.37. The number of nitrogens with zero attached hydrogens (tertiary/aromatic N) is 3. The molecule has 1 amide bonds. The summed E-state index contributed by atoms with van der Waals surface area (Å²) in [7, 11) is -3.74. The maximum Gasteiger partial charge on any atom is 0.257 e. The van der Waals surface area contributed by atoms with Gasteiger partial charge in [0.25, 0.3) is 5.91 Å². The summed E-state index contributed by atoms with van der Waals surface area (Å²) < 4.78 is 41.9. The van der Waals surface area contributed by atoms with E-state index in [1.54, 1.807) is 36.4 Å². The average molecular weight is 456 g/mol. The molecule has 0 N–H and O–H groups in total. The molecule has 0 saturated heterocycles. The van der Waals surface area contributed by atoms with Gasteiger partial charge in [-0.25, -0.2) is 17.8 Å². The first kappa shape index (κ1) is 23.4. The number of benzene rings is 2. The number of halogens is 1. The molecule has 0 aliphatic heterocycles. The lowest BCUT2D eigenvalue weighted by Gasteiger charge is -2.27. The zero-order valence-corrected chi connectivity index (χ0v) is 18.9. The number of rotatable bonds is 9. The summed E-state index contributed by atoms with van der Waals surface area (Å²) in [6.07, 6.45) is 3.02. The number of carbonyl (C=O) groups is 1. The Labute approximate surface area is 187 Å². The van der Waals surface area contributed by atoms with E-state index in [1.807, 2.05) is 19.9 Å². The minimum atomic E-state index is -3.74. The van der Waals surface area contributed by atoms with Gasteiger partial charge in [0, 0.05) is 12.6 Å². The minimum absolute atomic E-state index is 0.0343. The number of hydrogen-bond acceptors (Lipinski definition) is 4. The van der Waals surface area contributed by atoms with Gasteiger partial charge in [0.2, 0.25) is 15.0 Å². The van der Waals surface area contributed by atoms with Crippen LogP contribution in [0.15, 0.2) is 78.6 Å². The van der Waals surface area contributed by atoms with Gasteiger partial charge >= 0.3 is 0 Å².